The van der Waals surface area contributed by atoms with Crippen LogP contribution in [-0.4, -0.2) is 9.97 Å². The number of anilines is 1. The summed E-state index contributed by atoms with van der Waals surface area (Å²) in [5.41, 5.74) is 6.85. The molecule has 1 aromatic heterocycles. The number of nitrogens with two attached hydrogens (primary N) is 1. The van der Waals surface area contributed by atoms with Crippen molar-refractivity contribution >= 4 is 28.4 Å². The molecule has 0 aliphatic heterocycles. The van der Waals surface area contributed by atoms with Gasteiger partial charge in [0.25, 0.3) is 0 Å². The van der Waals surface area contributed by atoms with Crippen LogP contribution in [0.5, 0.6) is 5.75 Å². The maximum absolute atomic E-state index is 5.97. The second-order valence-electron chi connectivity index (χ2n) is 5.54. The van der Waals surface area contributed by atoms with Gasteiger partial charge in [0.2, 0.25) is 0 Å². The van der Waals surface area contributed by atoms with E-state index < -0.39 is 0 Å². The summed E-state index contributed by atoms with van der Waals surface area (Å²) in [5.74, 6) is 1.92. The Morgan fingerprint density at radius 1 is 1.15 bits per heavy atom. The van der Waals surface area contributed by atoms with Crippen LogP contribution >= 0.6 is 22.6 Å². The number of rotatable bonds is 3. The van der Waals surface area contributed by atoms with Crippen molar-refractivity contribution in [1.82, 2.24) is 9.97 Å². The Hall–Kier alpha value is -1.37. The molecule has 20 heavy (non-hydrogen) atoms. The lowest BCUT2D eigenvalue weighted by atomic mass is 9.92. The first-order chi connectivity index (χ1) is 9.38. The molecule has 2 N–H and O–H groups in total. The maximum atomic E-state index is 5.97. The van der Waals surface area contributed by atoms with Gasteiger partial charge in [0.05, 0.1) is 9.26 Å². The molecule has 0 amide bonds. The van der Waals surface area contributed by atoms with Gasteiger partial charge in [0.1, 0.15) is 18.2 Å². The number of benzene rings is 1. The van der Waals surface area contributed by atoms with Crippen molar-refractivity contribution in [3.63, 3.8) is 0 Å². The van der Waals surface area contributed by atoms with Crippen LogP contribution in [-0.2, 0) is 12.0 Å². The molecular weight excluding hydrogens is 365 g/mol. The molecule has 2 aromatic rings. The van der Waals surface area contributed by atoms with Gasteiger partial charge in [-0.25, -0.2) is 9.97 Å². The highest BCUT2D eigenvalue weighted by Crippen LogP contribution is 2.28. The van der Waals surface area contributed by atoms with E-state index in [2.05, 4.69) is 53.3 Å². The van der Waals surface area contributed by atoms with Gasteiger partial charge in [-0.15, -0.1) is 0 Å². The SMILES string of the molecule is CC(C)(C)c1nc(COc2ccccc2)nc(N)c1I. The number of aromatic nitrogens is 2. The van der Waals surface area contributed by atoms with E-state index >= 15 is 0 Å². The normalized spacial score (nSPS) is 11.4. The molecule has 1 heterocycles. The van der Waals surface area contributed by atoms with E-state index in [1.165, 1.54) is 0 Å². The molecular formula is C15H18IN3O. The third kappa shape index (κ3) is 3.59. The molecule has 2 rings (SSSR count). The van der Waals surface area contributed by atoms with Crippen LogP contribution in [0.4, 0.5) is 5.82 Å². The van der Waals surface area contributed by atoms with E-state index in [1.807, 2.05) is 30.3 Å². The van der Waals surface area contributed by atoms with Crippen LogP contribution in [0.2, 0.25) is 0 Å². The number of nitrogen functional groups attached to an aromatic ring is 1. The minimum atomic E-state index is -0.0743. The van der Waals surface area contributed by atoms with Gasteiger partial charge in [-0.2, -0.15) is 0 Å². The summed E-state index contributed by atoms with van der Waals surface area (Å²) in [6.07, 6.45) is 0. The lowest BCUT2D eigenvalue weighted by Gasteiger charge is -2.21. The lowest BCUT2D eigenvalue weighted by Crippen LogP contribution is -2.20. The van der Waals surface area contributed by atoms with E-state index in [0.29, 0.717) is 18.2 Å². The Balaban J connectivity index is 2.23. The molecule has 0 radical (unpaired) electrons. The summed E-state index contributed by atoms with van der Waals surface area (Å²) in [6, 6.07) is 9.61. The Kier molecular flexibility index (Phi) is 4.47. The zero-order valence-electron chi connectivity index (χ0n) is 11.9. The fraction of sp³-hybridized carbons (Fsp3) is 0.333. The first kappa shape index (κ1) is 15.0. The molecule has 0 saturated carbocycles. The van der Waals surface area contributed by atoms with E-state index in [9.17, 15) is 0 Å². The quantitative estimate of drug-likeness (QED) is 0.824. The summed E-state index contributed by atoms with van der Waals surface area (Å²) in [7, 11) is 0. The molecule has 0 fully saturated rings. The van der Waals surface area contributed by atoms with Crippen molar-refractivity contribution in [2.24, 2.45) is 0 Å². The van der Waals surface area contributed by atoms with Gasteiger partial charge in [-0.1, -0.05) is 39.0 Å². The van der Waals surface area contributed by atoms with E-state index in [0.717, 1.165) is 15.0 Å². The lowest BCUT2D eigenvalue weighted by molar-refractivity contribution is 0.294. The summed E-state index contributed by atoms with van der Waals surface area (Å²) >= 11 is 2.20. The molecule has 0 spiro atoms. The molecule has 4 nitrogen and oxygen atoms in total. The number of hydrogen-bond acceptors (Lipinski definition) is 4. The molecule has 5 heteroatoms. The Morgan fingerprint density at radius 2 is 1.80 bits per heavy atom. The fourth-order valence-electron chi connectivity index (χ4n) is 1.74. The largest absolute Gasteiger partial charge is 0.486 e. The monoisotopic (exact) mass is 383 g/mol. The molecule has 0 unspecified atom stereocenters. The number of ether oxygens (including phenoxy) is 1. The first-order valence-corrected chi connectivity index (χ1v) is 7.46. The van der Waals surface area contributed by atoms with Crippen LogP contribution in [0.1, 0.15) is 32.3 Å². The Bertz CT molecular complexity index is 594. The highest BCUT2D eigenvalue weighted by molar-refractivity contribution is 14.1. The van der Waals surface area contributed by atoms with E-state index in [4.69, 9.17) is 10.5 Å². The summed E-state index contributed by atoms with van der Waals surface area (Å²) < 4.78 is 6.59. The van der Waals surface area contributed by atoms with Crippen LogP contribution < -0.4 is 10.5 Å². The van der Waals surface area contributed by atoms with Crippen molar-refractivity contribution in [2.75, 3.05) is 5.73 Å². The Labute approximate surface area is 132 Å². The van der Waals surface area contributed by atoms with Gasteiger partial charge < -0.3 is 10.5 Å². The predicted molar refractivity (Wildman–Crippen MR) is 88.6 cm³/mol. The van der Waals surface area contributed by atoms with Gasteiger partial charge in [0, 0.05) is 5.41 Å². The Morgan fingerprint density at radius 3 is 2.40 bits per heavy atom. The van der Waals surface area contributed by atoms with Gasteiger partial charge in [0.15, 0.2) is 5.82 Å². The fourth-order valence-corrected chi connectivity index (χ4v) is 2.79. The van der Waals surface area contributed by atoms with Crippen molar-refractivity contribution in [3.05, 3.63) is 45.4 Å². The summed E-state index contributed by atoms with van der Waals surface area (Å²) in [6.45, 7) is 6.64. The molecule has 0 atom stereocenters. The molecule has 0 saturated heterocycles. The standard InChI is InChI=1S/C15H18IN3O/c1-15(2,3)13-12(16)14(17)19-11(18-13)9-20-10-7-5-4-6-8-10/h4-8H,9H2,1-3H3,(H2,17,18,19). The van der Waals surface area contributed by atoms with Crippen molar-refractivity contribution < 1.29 is 4.74 Å². The van der Waals surface area contributed by atoms with Crippen molar-refractivity contribution in [1.29, 1.82) is 0 Å². The van der Waals surface area contributed by atoms with Crippen molar-refractivity contribution in [3.8, 4) is 5.75 Å². The summed E-state index contributed by atoms with van der Waals surface area (Å²) in [5, 5.41) is 0. The highest BCUT2D eigenvalue weighted by Gasteiger charge is 2.22. The molecule has 0 aliphatic carbocycles. The third-order valence-corrected chi connectivity index (χ3v) is 3.81. The minimum Gasteiger partial charge on any atom is -0.486 e. The second kappa shape index (κ2) is 5.95. The zero-order valence-corrected chi connectivity index (χ0v) is 14.0. The second-order valence-corrected chi connectivity index (χ2v) is 6.62. The number of para-hydroxylation sites is 1. The molecule has 0 bridgehead atoms. The third-order valence-electron chi connectivity index (χ3n) is 2.74. The minimum absolute atomic E-state index is 0.0743. The van der Waals surface area contributed by atoms with Gasteiger partial charge >= 0.3 is 0 Å². The van der Waals surface area contributed by atoms with Crippen molar-refractivity contribution in [2.45, 2.75) is 32.8 Å². The smallest absolute Gasteiger partial charge is 0.168 e. The number of hydrogen-bond donors (Lipinski definition) is 1. The average Bonchev–Trinajstić information content (AvgIpc) is 2.40. The van der Waals surface area contributed by atoms with E-state index in [1.54, 1.807) is 0 Å². The van der Waals surface area contributed by atoms with Gasteiger partial charge in [-0.3, -0.25) is 0 Å². The van der Waals surface area contributed by atoms with Gasteiger partial charge in [-0.05, 0) is 34.7 Å². The highest BCUT2D eigenvalue weighted by atomic mass is 127. The van der Waals surface area contributed by atoms with E-state index in [-0.39, 0.29) is 5.41 Å². The first-order valence-electron chi connectivity index (χ1n) is 6.38. The topological polar surface area (TPSA) is 61.0 Å². The number of nitrogens with zero attached hydrogens (tertiary/aromatic N) is 2. The zero-order chi connectivity index (χ0) is 14.8. The maximum Gasteiger partial charge on any atom is 0.168 e. The summed E-state index contributed by atoms with van der Waals surface area (Å²) in [4.78, 5) is 8.89. The van der Waals surface area contributed by atoms with Crippen LogP contribution in [0.3, 0.4) is 0 Å². The van der Waals surface area contributed by atoms with Crippen LogP contribution in [0.25, 0.3) is 0 Å². The molecule has 106 valence electrons. The predicted octanol–water partition coefficient (Wildman–Crippen LogP) is 3.54. The number of halogens is 1. The molecule has 1 aromatic carbocycles. The average molecular weight is 383 g/mol. The van der Waals surface area contributed by atoms with Crippen LogP contribution in [0.15, 0.2) is 30.3 Å². The molecule has 0 aliphatic rings. The van der Waals surface area contributed by atoms with Crippen LogP contribution in [0, 0.1) is 3.57 Å².